The molecule has 1 fully saturated rings. The number of amides is 3. The topological polar surface area (TPSA) is 96.5 Å². The van der Waals surface area contributed by atoms with Crippen LogP contribution in [0.25, 0.3) is 0 Å². The van der Waals surface area contributed by atoms with Crippen molar-refractivity contribution >= 4 is 29.3 Å². The molecular weight excluding hydrogens is 329 g/mol. The maximum atomic E-state index is 13.8. The van der Waals surface area contributed by atoms with Crippen LogP contribution in [0.4, 0.5) is 20.6 Å². The highest BCUT2D eigenvalue weighted by Crippen LogP contribution is 2.28. The maximum absolute atomic E-state index is 13.8. The molecule has 1 aliphatic rings. The van der Waals surface area contributed by atoms with Crippen LogP contribution in [0.2, 0.25) is 0 Å². The van der Waals surface area contributed by atoms with Crippen molar-refractivity contribution in [3.05, 3.63) is 24.0 Å². The molecular formula is C17H22FN3O4. The molecule has 136 valence electrons. The number of hydrogen-bond acceptors (Lipinski definition) is 4. The minimum Gasteiger partial charge on any atom is -0.444 e. The number of carbonyl (C=O) groups is 3. The highest BCUT2D eigenvalue weighted by Gasteiger charge is 2.29. The predicted octanol–water partition coefficient (Wildman–Crippen LogP) is 2.64. The summed E-state index contributed by atoms with van der Waals surface area (Å²) in [6, 6.07) is 3.75. The Balaban J connectivity index is 1.91. The van der Waals surface area contributed by atoms with Crippen LogP contribution in [-0.4, -0.2) is 30.1 Å². The van der Waals surface area contributed by atoms with E-state index in [1.807, 2.05) is 0 Å². The van der Waals surface area contributed by atoms with E-state index in [0.717, 1.165) is 18.9 Å². The molecule has 1 saturated carbocycles. The summed E-state index contributed by atoms with van der Waals surface area (Å²) in [5, 5.41) is 7.36. The Kier molecular flexibility index (Phi) is 5.61. The first kappa shape index (κ1) is 18.7. The van der Waals surface area contributed by atoms with Gasteiger partial charge in [0.05, 0.1) is 12.2 Å². The molecule has 0 heterocycles. The molecule has 0 aliphatic heterocycles. The van der Waals surface area contributed by atoms with Crippen molar-refractivity contribution in [1.29, 1.82) is 0 Å². The van der Waals surface area contributed by atoms with E-state index in [0.29, 0.717) is 0 Å². The molecule has 0 unspecified atom stereocenters. The van der Waals surface area contributed by atoms with Gasteiger partial charge in [-0.1, -0.05) is 0 Å². The highest BCUT2D eigenvalue weighted by atomic mass is 19.1. The van der Waals surface area contributed by atoms with Gasteiger partial charge in [-0.2, -0.15) is 0 Å². The molecule has 8 heteroatoms. The molecule has 25 heavy (non-hydrogen) atoms. The van der Waals surface area contributed by atoms with Gasteiger partial charge in [0.2, 0.25) is 11.8 Å². The number of anilines is 2. The summed E-state index contributed by atoms with van der Waals surface area (Å²) in [5.41, 5.74) is -0.543. The molecule has 0 bridgehead atoms. The van der Waals surface area contributed by atoms with E-state index in [-0.39, 0.29) is 29.7 Å². The Morgan fingerprint density at radius 1 is 1.20 bits per heavy atom. The van der Waals surface area contributed by atoms with Crippen molar-refractivity contribution in [2.45, 2.75) is 39.2 Å². The van der Waals surface area contributed by atoms with Gasteiger partial charge < -0.3 is 15.4 Å². The third-order valence-electron chi connectivity index (χ3n) is 3.26. The molecule has 3 amide bonds. The van der Waals surface area contributed by atoms with Crippen LogP contribution >= 0.6 is 0 Å². The van der Waals surface area contributed by atoms with Crippen LogP contribution in [0.15, 0.2) is 18.2 Å². The van der Waals surface area contributed by atoms with Gasteiger partial charge in [0.25, 0.3) is 0 Å². The largest absolute Gasteiger partial charge is 0.444 e. The quantitative estimate of drug-likeness (QED) is 0.760. The summed E-state index contributed by atoms with van der Waals surface area (Å²) in [6.07, 6.45) is 0.905. The zero-order chi connectivity index (χ0) is 18.6. The van der Waals surface area contributed by atoms with Crippen molar-refractivity contribution in [2.75, 3.05) is 17.2 Å². The van der Waals surface area contributed by atoms with E-state index >= 15 is 0 Å². The normalized spacial score (nSPS) is 13.8. The first-order chi connectivity index (χ1) is 11.6. The first-order valence-corrected chi connectivity index (χ1v) is 8.01. The minimum atomic E-state index is -0.799. The molecule has 3 N–H and O–H groups in total. The number of hydrogen-bond donors (Lipinski definition) is 3. The standard InChI is InChI=1S/C17H22FN3O4/c1-17(2,3)25-16(24)21-13-8-11(6-7-12(13)18)20-14(22)9-19-15(23)10-4-5-10/h6-8,10H,4-5,9H2,1-3H3,(H,19,23)(H,20,22)(H,21,24). The van der Waals surface area contributed by atoms with Crippen molar-refractivity contribution < 1.29 is 23.5 Å². The number of ether oxygens (including phenoxy) is 1. The SMILES string of the molecule is CC(C)(C)OC(=O)Nc1cc(NC(=O)CNC(=O)C2CC2)ccc1F. The van der Waals surface area contributed by atoms with E-state index in [1.165, 1.54) is 12.1 Å². The van der Waals surface area contributed by atoms with Crippen LogP contribution in [0.5, 0.6) is 0 Å². The zero-order valence-electron chi connectivity index (χ0n) is 14.4. The van der Waals surface area contributed by atoms with Crippen LogP contribution in [0.3, 0.4) is 0 Å². The molecule has 0 spiro atoms. The molecule has 1 aromatic rings. The van der Waals surface area contributed by atoms with E-state index in [2.05, 4.69) is 16.0 Å². The summed E-state index contributed by atoms with van der Waals surface area (Å²) in [7, 11) is 0. The monoisotopic (exact) mass is 351 g/mol. The fourth-order valence-corrected chi connectivity index (χ4v) is 1.97. The first-order valence-electron chi connectivity index (χ1n) is 8.01. The van der Waals surface area contributed by atoms with Crippen molar-refractivity contribution in [3.8, 4) is 0 Å². The summed E-state index contributed by atoms with van der Waals surface area (Å²) in [4.78, 5) is 35.1. The van der Waals surface area contributed by atoms with Gasteiger partial charge in [-0.15, -0.1) is 0 Å². The molecule has 0 atom stereocenters. The zero-order valence-corrected chi connectivity index (χ0v) is 14.4. The average molecular weight is 351 g/mol. The molecule has 2 rings (SSSR count). The number of halogens is 1. The second-order valence-corrected chi connectivity index (χ2v) is 6.86. The third kappa shape index (κ3) is 6.40. The van der Waals surface area contributed by atoms with Gasteiger partial charge in [-0.05, 0) is 51.8 Å². The predicted molar refractivity (Wildman–Crippen MR) is 90.6 cm³/mol. The number of nitrogens with one attached hydrogen (secondary N) is 3. The summed E-state index contributed by atoms with van der Waals surface area (Å²) in [5.74, 6) is -1.22. The average Bonchev–Trinajstić information content (AvgIpc) is 3.31. The molecule has 1 aliphatic carbocycles. The lowest BCUT2D eigenvalue weighted by Crippen LogP contribution is -2.33. The Morgan fingerprint density at radius 3 is 2.48 bits per heavy atom. The van der Waals surface area contributed by atoms with Crippen LogP contribution in [0, 0.1) is 11.7 Å². The molecule has 7 nitrogen and oxygen atoms in total. The summed E-state index contributed by atoms with van der Waals surface area (Å²) in [6.45, 7) is 4.90. The molecule has 0 aromatic heterocycles. The van der Waals surface area contributed by atoms with Crippen molar-refractivity contribution in [1.82, 2.24) is 5.32 Å². The molecule has 1 aromatic carbocycles. The number of rotatable bonds is 5. The Hall–Kier alpha value is -2.64. The lowest BCUT2D eigenvalue weighted by Gasteiger charge is -2.20. The van der Waals surface area contributed by atoms with Gasteiger partial charge >= 0.3 is 6.09 Å². The number of carbonyl (C=O) groups excluding carboxylic acids is 3. The fourth-order valence-electron chi connectivity index (χ4n) is 1.97. The number of benzene rings is 1. The van der Waals surface area contributed by atoms with Gasteiger partial charge in [-0.3, -0.25) is 14.9 Å². The van der Waals surface area contributed by atoms with Crippen molar-refractivity contribution in [3.63, 3.8) is 0 Å². The van der Waals surface area contributed by atoms with E-state index in [4.69, 9.17) is 4.74 Å². The highest BCUT2D eigenvalue weighted by molar-refractivity contribution is 5.96. The summed E-state index contributed by atoms with van der Waals surface area (Å²) < 4.78 is 18.9. The second-order valence-electron chi connectivity index (χ2n) is 6.86. The third-order valence-corrected chi connectivity index (χ3v) is 3.26. The second kappa shape index (κ2) is 7.50. The molecule has 0 radical (unpaired) electrons. The van der Waals surface area contributed by atoms with Gasteiger partial charge in [0.15, 0.2) is 0 Å². The smallest absolute Gasteiger partial charge is 0.412 e. The van der Waals surface area contributed by atoms with Gasteiger partial charge in [0, 0.05) is 11.6 Å². The summed E-state index contributed by atoms with van der Waals surface area (Å²) >= 11 is 0. The van der Waals surface area contributed by atoms with Crippen molar-refractivity contribution in [2.24, 2.45) is 5.92 Å². The molecule has 0 saturated heterocycles. The Bertz CT molecular complexity index is 681. The van der Waals surface area contributed by atoms with E-state index in [1.54, 1.807) is 20.8 Å². The Labute approximate surface area is 145 Å². The van der Waals surface area contributed by atoms with E-state index < -0.39 is 23.4 Å². The Morgan fingerprint density at radius 2 is 1.88 bits per heavy atom. The van der Waals surface area contributed by atoms with Gasteiger partial charge in [-0.25, -0.2) is 9.18 Å². The fraction of sp³-hybridized carbons (Fsp3) is 0.471. The maximum Gasteiger partial charge on any atom is 0.412 e. The van der Waals surface area contributed by atoms with Gasteiger partial charge in [0.1, 0.15) is 11.4 Å². The lowest BCUT2D eigenvalue weighted by molar-refractivity contribution is -0.125. The van der Waals surface area contributed by atoms with Crippen LogP contribution in [-0.2, 0) is 14.3 Å². The lowest BCUT2D eigenvalue weighted by atomic mass is 10.2. The van der Waals surface area contributed by atoms with Crippen LogP contribution in [0.1, 0.15) is 33.6 Å². The van der Waals surface area contributed by atoms with Crippen LogP contribution < -0.4 is 16.0 Å². The van der Waals surface area contributed by atoms with E-state index in [9.17, 15) is 18.8 Å². The minimum absolute atomic E-state index is 0.0169.